The number of fused-ring (bicyclic) bond motifs is 4. The van der Waals surface area contributed by atoms with E-state index in [1.807, 2.05) is 4.90 Å². The van der Waals surface area contributed by atoms with Crippen molar-refractivity contribution in [2.75, 3.05) is 33.7 Å². The molecule has 7 heteroatoms. The van der Waals surface area contributed by atoms with Crippen LogP contribution in [0, 0.1) is 5.92 Å². The molecule has 0 saturated carbocycles. The summed E-state index contributed by atoms with van der Waals surface area (Å²) in [6.07, 6.45) is 3.39. The van der Waals surface area contributed by atoms with Gasteiger partial charge in [-0.2, -0.15) is 0 Å². The quantitative estimate of drug-likeness (QED) is 0.838. The van der Waals surface area contributed by atoms with E-state index in [2.05, 4.69) is 4.98 Å². The lowest BCUT2D eigenvalue weighted by atomic mass is 9.94. The minimum absolute atomic E-state index is 0.0168. The van der Waals surface area contributed by atoms with Gasteiger partial charge in [0.1, 0.15) is 5.75 Å². The molecule has 1 aromatic rings. The van der Waals surface area contributed by atoms with Crippen LogP contribution in [0.5, 0.6) is 5.75 Å². The van der Waals surface area contributed by atoms with Gasteiger partial charge in [-0.05, 0) is 30.9 Å². The van der Waals surface area contributed by atoms with Crippen LogP contribution < -0.4 is 0 Å². The summed E-state index contributed by atoms with van der Waals surface area (Å²) >= 11 is 0. The van der Waals surface area contributed by atoms with Gasteiger partial charge >= 0.3 is 6.03 Å². The van der Waals surface area contributed by atoms with Crippen LogP contribution in [0.25, 0.3) is 0 Å². The van der Waals surface area contributed by atoms with Crippen molar-refractivity contribution in [3.05, 3.63) is 24.0 Å². The van der Waals surface area contributed by atoms with Gasteiger partial charge in [-0.3, -0.25) is 4.79 Å². The smallest absolute Gasteiger partial charge is 0.319 e. The molecule has 23 heavy (non-hydrogen) atoms. The lowest BCUT2D eigenvalue weighted by molar-refractivity contribution is 0.0576. The second kappa shape index (κ2) is 6.06. The van der Waals surface area contributed by atoms with Crippen molar-refractivity contribution in [1.82, 2.24) is 19.7 Å². The van der Waals surface area contributed by atoms with Gasteiger partial charge in [0, 0.05) is 46.0 Å². The molecule has 0 spiro atoms. The predicted molar refractivity (Wildman–Crippen MR) is 84.1 cm³/mol. The Kier molecular flexibility index (Phi) is 4.11. The Balaban J connectivity index is 1.82. The van der Waals surface area contributed by atoms with Gasteiger partial charge in [0.05, 0.1) is 0 Å². The van der Waals surface area contributed by atoms with Crippen LogP contribution in [0.1, 0.15) is 23.3 Å². The van der Waals surface area contributed by atoms with Crippen LogP contribution in [0.2, 0.25) is 0 Å². The number of hydrogen-bond acceptors (Lipinski definition) is 4. The van der Waals surface area contributed by atoms with E-state index in [1.165, 1.54) is 12.3 Å². The highest BCUT2D eigenvalue weighted by atomic mass is 16.3. The maximum absolute atomic E-state index is 12.8. The van der Waals surface area contributed by atoms with Crippen LogP contribution in [0.15, 0.2) is 18.3 Å². The predicted octanol–water partition coefficient (Wildman–Crippen LogP) is 1.01. The summed E-state index contributed by atoms with van der Waals surface area (Å²) in [4.78, 5) is 34.2. The number of aromatic nitrogens is 1. The first-order valence-corrected chi connectivity index (χ1v) is 7.88. The lowest BCUT2D eigenvalue weighted by Crippen LogP contribution is -2.48. The molecule has 1 aromatic heterocycles. The highest BCUT2D eigenvalue weighted by molar-refractivity contribution is 5.95. The molecule has 0 aliphatic carbocycles. The summed E-state index contributed by atoms with van der Waals surface area (Å²) in [7, 11) is 3.48. The van der Waals surface area contributed by atoms with E-state index in [4.69, 9.17) is 0 Å². The number of hydrogen-bond donors (Lipinski definition) is 1. The fraction of sp³-hybridized carbons (Fsp3) is 0.562. The van der Waals surface area contributed by atoms with Crippen molar-refractivity contribution in [3.8, 4) is 5.75 Å². The Morgan fingerprint density at radius 3 is 2.74 bits per heavy atom. The van der Waals surface area contributed by atoms with Crippen molar-refractivity contribution in [1.29, 1.82) is 0 Å². The molecule has 2 bridgehead atoms. The molecule has 124 valence electrons. The van der Waals surface area contributed by atoms with Crippen LogP contribution in [0.4, 0.5) is 4.79 Å². The second-order valence-corrected chi connectivity index (χ2v) is 6.51. The Morgan fingerprint density at radius 1 is 1.26 bits per heavy atom. The maximum atomic E-state index is 12.8. The molecule has 4 heterocycles. The van der Waals surface area contributed by atoms with Crippen LogP contribution in [0.3, 0.4) is 0 Å². The molecular formula is C16H22N4O3. The molecule has 0 radical (unpaired) electrons. The molecule has 0 unspecified atom stereocenters. The summed E-state index contributed by atoms with van der Waals surface area (Å²) in [6.45, 7) is 1.81. The largest absolute Gasteiger partial charge is 0.505 e. The minimum Gasteiger partial charge on any atom is -0.505 e. The molecule has 3 saturated heterocycles. The maximum Gasteiger partial charge on any atom is 0.319 e. The Hall–Kier alpha value is -2.31. The van der Waals surface area contributed by atoms with E-state index in [1.54, 1.807) is 30.0 Å². The van der Waals surface area contributed by atoms with Crippen LogP contribution in [-0.2, 0) is 0 Å². The Morgan fingerprint density at radius 2 is 2.04 bits per heavy atom. The standard InChI is InChI=1S/C16H22N4O3/c1-18(2)16(23)19-8-11-5-6-12(10-19)20(9-11)15(22)14-13(21)4-3-7-17-14/h3-4,7,11-12,21H,5-6,8-10H2,1-2H3/t11-,12+/m0/s1. The van der Waals surface area contributed by atoms with Gasteiger partial charge < -0.3 is 19.8 Å². The number of rotatable bonds is 1. The van der Waals surface area contributed by atoms with E-state index < -0.39 is 0 Å². The van der Waals surface area contributed by atoms with Crippen molar-refractivity contribution < 1.29 is 14.7 Å². The number of aromatic hydroxyl groups is 1. The number of carbonyl (C=O) groups excluding carboxylic acids is 2. The van der Waals surface area contributed by atoms with Crippen molar-refractivity contribution in [2.45, 2.75) is 18.9 Å². The molecule has 0 aromatic carbocycles. The Labute approximate surface area is 135 Å². The van der Waals surface area contributed by atoms with Gasteiger partial charge in [-0.25, -0.2) is 9.78 Å². The minimum atomic E-state index is -0.253. The van der Waals surface area contributed by atoms with E-state index in [0.717, 1.165) is 12.8 Å². The third-order valence-electron chi connectivity index (χ3n) is 4.62. The topological polar surface area (TPSA) is 77.0 Å². The average Bonchev–Trinajstić information content (AvgIpc) is 2.85. The summed E-state index contributed by atoms with van der Waals surface area (Å²) in [5.41, 5.74) is 0.0885. The number of urea groups is 1. The number of pyridine rings is 1. The summed E-state index contributed by atoms with van der Waals surface area (Å²) in [5.74, 6) is -0.0803. The summed E-state index contributed by atoms with van der Waals surface area (Å²) in [5, 5.41) is 9.88. The van der Waals surface area contributed by atoms with Crippen molar-refractivity contribution in [2.24, 2.45) is 5.92 Å². The molecule has 4 rings (SSSR count). The number of piperidine rings is 1. The Bertz CT molecular complexity index is 619. The highest BCUT2D eigenvalue weighted by Crippen LogP contribution is 2.30. The molecular weight excluding hydrogens is 296 g/mol. The summed E-state index contributed by atoms with van der Waals surface area (Å²) in [6, 6.07) is 3.03. The molecule has 7 nitrogen and oxygen atoms in total. The van der Waals surface area contributed by atoms with Gasteiger partial charge in [-0.15, -0.1) is 0 Å². The first-order chi connectivity index (χ1) is 11.0. The normalized spacial score (nSPS) is 23.6. The van der Waals surface area contributed by atoms with E-state index in [9.17, 15) is 14.7 Å². The zero-order valence-electron chi connectivity index (χ0n) is 13.5. The van der Waals surface area contributed by atoms with Gasteiger partial charge in [0.2, 0.25) is 0 Å². The van der Waals surface area contributed by atoms with Gasteiger partial charge in [-0.1, -0.05) is 0 Å². The third-order valence-corrected chi connectivity index (χ3v) is 4.62. The highest BCUT2D eigenvalue weighted by Gasteiger charge is 2.39. The molecule has 3 aliphatic heterocycles. The molecule has 3 aliphatic rings. The lowest BCUT2D eigenvalue weighted by Gasteiger charge is -2.35. The average molecular weight is 318 g/mol. The molecule has 1 N–H and O–H groups in total. The van der Waals surface area contributed by atoms with E-state index in [0.29, 0.717) is 19.6 Å². The van der Waals surface area contributed by atoms with E-state index >= 15 is 0 Å². The fourth-order valence-corrected chi connectivity index (χ4v) is 3.47. The second-order valence-electron chi connectivity index (χ2n) is 6.51. The SMILES string of the molecule is CN(C)C(=O)N1C[C@@H]2CC[C@H](C1)N(C(=O)c1ncccc1O)C2. The van der Waals surface area contributed by atoms with Gasteiger partial charge in [0.15, 0.2) is 5.69 Å². The summed E-state index contributed by atoms with van der Waals surface area (Å²) < 4.78 is 0. The fourth-order valence-electron chi connectivity index (χ4n) is 3.47. The molecule has 3 fully saturated rings. The monoisotopic (exact) mass is 318 g/mol. The number of carbonyl (C=O) groups is 2. The zero-order valence-corrected chi connectivity index (χ0v) is 13.5. The molecule has 2 atom stereocenters. The van der Waals surface area contributed by atoms with E-state index in [-0.39, 0.29) is 35.3 Å². The number of nitrogens with zero attached hydrogens (tertiary/aromatic N) is 4. The van der Waals surface area contributed by atoms with Crippen LogP contribution >= 0.6 is 0 Å². The van der Waals surface area contributed by atoms with Gasteiger partial charge in [0.25, 0.3) is 5.91 Å². The first kappa shape index (κ1) is 15.6. The van der Waals surface area contributed by atoms with Crippen LogP contribution in [-0.4, -0.2) is 76.5 Å². The first-order valence-electron chi connectivity index (χ1n) is 7.88. The van der Waals surface area contributed by atoms with Crippen molar-refractivity contribution in [3.63, 3.8) is 0 Å². The zero-order chi connectivity index (χ0) is 16.6. The third kappa shape index (κ3) is 2.95. The number of amides is 3. The van der Waals surface area contributed by atoms with Crippen molar-refractivity contribution >= 4 is 11.9 Å². The molecule has 3 amide bonds.